The fourth-order valence-electron chi connectivity index (χ4n) is 4.19. The molecule has 34 heavy (non-hydrogen) atoms. The predicted molar refractivity (Wildman–Crippen MR) is 139 cm³/mol. The van der Waals surface area contributed by atoms with Crippen LogP contribution >= 0.6 is 23.1 Å². The van der Waals surface area contributed by atoms with Crippen molar-refractivity contribution in [1.82, 2.24) is 24.5 Å². The number of nitrogens with two attached hydrogens (primary N) is 1. The number of nitrogen functional groups attached to an aromatic ring is 1. The average Bonchev–Trinajstić information content (AvgIpc) is 3.18. The van der Waals surface area contributed by atoms with Crippen LogP contribution in [0.5, 0.6) is 0 Å². The Hall–Kier alpha value is -2.98. The largest absolute Gasteiger partial charge is 0.368 e. The maximum atomic E-state index is 13.9. The van der Waals surface area contributed by atoms with Crippen LogP contribution in [0.25, 0.3) is 15.9 Å². The van der Waals surface area contributed by atoms with Crippen LogP contribution in [0.4, 0.5) is 11.9 Å². The first kappa shape index (κ1) is 22.8. The Balaban J connectivity index is 1.64. The highest BCUT2D eigenvalue weighted by Gasteiger charge is 2.23. The van der Waals surface area contributed by atoms with Gasteiger partial charge in [0.2, 0.25) is 11.9 Å². The summed E-state index contributed by atoms with van der Waals surface area (Å²) in [5.74, 6) is 1.65. The van der Waals surface area contributed by atoms with Crippen LogP contribution in [0.1, 0.15) is 40.2 Å². The van der Waals surface area contributed by atoms with E-state index < -0.39 is 0 Å². The number of aromatic nitrogens is 5. The van der Waals surface area contributed by atoms with E-state index in [1.54, 1.807) is 20.8 Å². The first-order valence-electron chi connectivity index (χ1n) is 11.3. The summed E-state index contributed by atoms with van der Waals surface area (Å²) in [6.45, 7) is 4.13. The Morgan fingerprint density at radius 3 is 2.65 bits per heavy atom. The molecule has 176 valence electrons. The smallest absolute Gasteiger partial charge is 0.267 e. The highest BCUT2D eigenvalue weighted by atomic mass is 32.2. The molecule has 2 N–H and O–H groups in total. The van der Waals surface area contributed by atoms with Gasteiger partial charge in [0.15, 0.2) is 5.16 Å². The quantitative estimate of drug-likeness (QED) is 0.328. The standard InChI is InChI=1S/C24H27N7OS2/c1-13-9-10-15(11-14(13)2)31-21(32)19-16-7-5-6-8-17(16)34-20(19)28-24(31)33-12-18-26-22(25)29-23(27-18)30(3)4/h9-11H,5-8,12H2,1-4H3,(H2,25,26,27,29). The van der Waals surface area contributed by atoms with Crippen LogP contribution in [-0.2, 0) is 18.6 Å². The molecule has 0 aliphatic heterocycles. The molecule has 0 unspecified atom stereocenters. The van der Waals surface area contributed by atoms with Gasteiger partial charge in [0.1, 0.15) is 10.7 Å². The Morgan fingerprint density at radius 2 is 1.88 bits per heavy atom. The van der Waals surface area contributed by atoms with Gasteiger partial charge in [0, 0.05) is 19.0 Å². The topological polar surface area (TPSA) is 103 Å². The molecule has 0 amide bonds. The predicted octanol–water partition coefficient (Wildman–Crippen LogP) is 4.07. The van der Waals surface area contributed by atoms with E-state index in [1.807, 2.05) is 20.2 Å². The number of fused-ring (bicyclic) bond motifs is 3. The van der Waals surface area contributed by atoms with Gasteiger partial charge in [-0.1, -0.05) is 17.8 Å². The summed E-state index contributed by atoms with van der Waals surface area (Å²) in [5, 5.41) is 1.41. The summed E-state index contributed by atoms with van der Waals surface area (Å²) >= 11 is 3.10. The molecule has 3 heterocycles. The third-order valence-corrected chi connectivity index (χ3v) is 8.24. The van der Waals surface area contributed by atoms with Crippen LogP contribution < -0.4 is 16.2 Å². The lowest BCUT2D eigenvalue weighted by molar-refractivity contribution is 0.699. The Labute approximate surface area is 206 Å². The van der Waals surface area contributed by atoms with Gasteiger partial charge in [-0.3, -0.25) is 9.36 Å². The van der Waals surface area contributed by atoms with Crippen molar-refractivity contribution in [3.05, 3.63) is 55.9 Å². The summed E-state index contributed by atoms with van der Waals surface area (Å²) in [6, 6.07) is 6.10. The molecule has 0 saturated heterocycles. The lowest BCUT2D eigenvalue weighted by Gasteiger charge is -2.15. The van der Waals surface area contributed by atoms with Gasteiger partial charge < -0.3 is 10.6 Å². The maximum Gasteiger partial charge on any atom is 0.267 e. The van der Waals surface area contributed by atoms with Crippen LogP contribution in [0.3, 0.4) is 0 Å². The second-order valence-corrected chi connectivity index (χ2v) is 10.8. The molecule has 0 bridgehead atoms. The summed E-state index contributed by atoms with van der Waals surface area (Å²) in [5.41, 5.74) is 10.2. The highest BCUT2D eigenvalue weighted by Crippen LogP contribution is 2.35. The second kappa shape index (κ2) is 8.99. The van der Waals surface area contributed by atoms with Crippen molar-refractivity contribution >= 4 is 45.2 Å². The van der Waals surface area contributed by atoms with Gasteiger partial charge in [0.05, 0.1) is 16.8 Å². The van der Waals surface area contributed by atoms with Gasteiger partial charge >= 0.3 is 0 Å². The number of anilines is 2. The van der Waals surface area contributed by atoms with E-state index in [0.717, 1.165) is 40.7 Å². The number of rotatable bonds is 5. The van der Waals surface area contributed by atoms with Gasteiger partial charge in [-0.05, 0) is 68.4 Å². The number of nitrogens with zero attached hydrogens (tertiary/aromatic N) is 6. The zero-order valence-corrected chi connectivity index (χ0v) is 21.4. The summed E-state index contributed by atoms with van der Waals surface area (Å²) < 4.78 is 1.75. The molecule has 10 heteroatoms. The van der Waals surface area contributed by atoms with Crippen molar-refractivity contribution in [2.24, 2.45) is 0 Å². The lowest BCUT2D eigenvalue weighted by atomic mass is 9.97. The molecule has 1 aromatic carbocycles. The molecule has 5 rings (SSSR count). The minimum atomic E-state index is -0.000654. The van der Waals surface area contributed by atoms with E-state index in [0.29, 0.717) is 22.7 Å². The molecule has 8 nitrogen and oxygen atoms in total. The molecular weight excluding hydrogens is 466 g/mol. The van der Waals surface area contributed by atoms with E-state index in [9.17, 15) is 4.79 Å². The third kappa shape index (κ3) is 4.16. The van der Waals surface area contributed by atoms with Crippen molar-refractivity contribution in [2.75, 3.05) is 24.7 Å². The lowest BCUT2D eigenvalue weighted by Crippen LogP contribution is -2.22. The van der Waals surface area contributed by atoms with Crippen LogP contribution in [0.2, 0.25) is 0 Å². The summed E-state index contributed by atoms with van der Waals surface area (Å²) in [7, 11) is 3.72. The Kier molecular flexibility index (Phi) is 6.03. The Bertz CT molecular complexity index is 1460. The summed E-state index contributed by atoms with van der Waals surface area (Å²) in [4.78, 5) is 35.8. The normalized spacial score (nSPS) is 13.3. The van der Waals surface area contributed by atoms with Crippen LogP contribution in [0.15, 0.2) is 28.2 Å². The fraction of sp³-hybridized carbons (Fsp3) is 0.375. The molecule has 1 aliphatic carbocycles. The maximum absolute atomic E-state index is 13.9. The minimum Gasteiger partial charge on any atom is -0.368 e. The fourth-order valence-corrected chi connectivity index (χ4v) is 6.36. The first-order valence-corrected chi connectivity index (χ1v) is 13.1. The molecule has 0 spiro atoms. The molecule has 0 radical (unpaired) electrons. The number of hydrogen-bond acceptors (Lipinski definition) is 9. The molecule has 0 saturated carbocycles. The van der Waals surface area contributed by atoms with Crippen molar-refractivity contribution in [3.8, 4) is 5.69 Å². The van der Waals surface area contributed by atoms with Crippen molar-refractivity contribution < 1.29 is 0 Å². The Morgan fingerprint density at radius 1 is 1.09 bits per heavy atom. The molecule has 1 aliphatic rings. The first-order chi connectivity index (χ1) is 16.3. The summed E-state index contributed by atoms with van der Waals surface area (Å²) in [6.07, 6.45) is 4.26. The van der Waals surface area contributed by atoms with E-state index >= 15 is 0 Å². The van der Waals surface area contributed by atoms with Gasteiger partial charge in [0.25, 0.3) is 5.56 Å². The average molecular weight is 494 g/mol. The van der Waals surface area contributed by atoms with E-state index in [4.69, 9.17) is 10.7 Å². The molecular formula is C24H27N7OS2. The highest BCUT2D eigenvalue weighted by molar-refractivity contribution is 7.98. The van der Waals surface area contributed by atoms with Crippen molar-refractivity contribution in [2.45, 2.75) is 50.4 Å². The van der Waals surface area contributed by atoms with E-state index in [2.05, 4.69) is 40.9 Å². The number of benzene rings is 1. The number of thioether (sulfide) groups is 1. The molecule has 0 fully saturated rings. The van der Waals surface area contributed by atoms with Crippen molar-refractivity contribution in [1.29, 1.82) is 0 Å². The second-order valence-electron chi connectivity index (χ2n) is 8.79. The number of thiophene rings is 1. The molecule has 0 atom stereocenters. The zero-order valence-electron chi connectivity index (χ0n) is 19.8. The van der Waals surface area contributed by atoms with E-state index in [-0.39, 0.29) is 11.5 Å². The molecule has 3 aromatic heterocycles. The number of hydrogen-bond donors (Lipinski definition) is 1. The zero-order chi connectivity index (χ0) is 24.0. The number of aryl methyl sites for hydroxylation is 4. The van der Waals surface area contributed by atoms with Gasteiger partial charge in [-0.25, -0.2) is 4.98 Å². The molecule has 4 aromatic rings. The van der Waals surface area contributed by atoms with Crippen molar-refractivity contribution in [3.63, 3.8) is 0 Å². The van der Waals surface area contributed by atoms with Crippen LogP contribution in [0, 0.1) is 13.8 Å². The monoisotopic (exact) mass is 493 g/mol. The van der Waals surface area contributed by atoms with Gasteiger partial charge in [-0.2, -0.15) is 15.0 Å². The van der Waals surface area contributed by atoms with Crippen LogP contribution in [-0.4, -0.2) is 38.6 Å². The van der Waals surface area contributed by atoms with E-state index in [1.165, 1.54) is 34.2 Å². The SMILES string of the molecule is Cc1ccc(-n2c(SCc3nc(N)nc(N(C)C)n3)nc3sc4c(c3c2=O)CCCC4)cc1C. The minimum absolute atomic E-state index is 0.000654. The van der Waals surface area contributed by atoms with Gasteiger partial charge in [-0.15, -0.1) is 11.3 Å². The third-order valence-electron chi connectivity index (χ3n) is 6.12.